The van der Waals surface area contributed by atoms with E-state index in [4.69, 9.17) is 4.74 Å². The summed E-state index contributed by atoms with van der Waals surface area (Å²) in [5.74, 6) is -1.38. The zero-order chi connectivity index (χ0) is 15.7. The molecule has 1 heterocycles. The first-order valence-electron chi connectivity index (χ1n) is 7.04. The van der Waals surface area contributed by atoms with Crippen molar-refractivity contribution in [1.82, 2.24) is 0 Å². The highest BCUT2D eigenvalue weighted by Crippen LogP contribution is 2.31. The van der Waals surface area contributed by atoms with Gasteiger partial charge in [0.05, 0.1) is 12.8 Å². The number of methoxy groups -OCH3 is 1. The summed E-state index contributed by atoms with van der Waals surface area (Å²) in [6, 6.07) is 8.78. The Balaban J connectivity index is 1.99. The van der Waals surface area contributed by atoms with Crippen molar-refractivity contribution in [3.05, 3.63) is 59.2 Å². The maximum absolute atomic E-state index is 14.1. The lowest BCUT2D eigenvalue weighted by atomic mass is 10.0. The molecule has 0 saturated heterocycles. The number of carbonyl (C=O) groups excluding carboxylic acids is 1. The number of amides is 1. The molecule has 0 N–H and O–H groups in total. The number of ether oxygens (including phenoxy) is 1. The van der Waals surface area contributed by atoms with Gasteiger partial charge in [-0.3, -0.25) is 4.79 Å². The summed E-state index contributed by atoms with van der Waals surface area (Å²) >= 11 is 0. The molecule has 2 aromatic carbocycles. The number of benzene rings is 2. The van der Waals surface area contributed by atoms with Crippen molar-refractivity contribution in [3.8, 4) is 5.75 Å². The normalized spacial score (nSPS) is 13.7. The number of carbonyl (C=O) groups is 1. The van der Waals surface area contributed by atoms with Gasteiger partial charge in [0.2, 0.25) is 0 Å². The predicted octanol–water partition coefficient (Wildman–Crippen LogP) is 3.57. The Morgan fingerprint density at radius 1 is 1.18 bits per heavy atom. The van der Waals surface area contributed by atoms with E-state index in [-0.39, 0.29) is 11.3 Å². The van der Waals surface area contributed by atoms with E-state index in [0.29, 0.717) is 12.2 Å². The van der Waals surface area contributed by atoms with Gasteiger partial charge in [-0.15, -0.1) is 0 Å². The van der Waals surface area contributed by atoms with E-state index in [1.54, 1.807) is 6.07 Å². The molecule has 3 nitrogen and oxygen atoms in total. The highest BCUT2D eigenvalue weighted by molar-refractivity contribution is 6.06. The molecule has 0 atom stereocenters. The monoisotopic (exact) mass is 303 g/mol. The van der Waals surface area contributed by atoms with Crippen LogP contribution in [0.4, 0.5) is 14.5 Å². The van der Waals surface area contributed by atoms with Crippen LogP contribution in [-0.2, 0) is 6.42 Å². The highest BCUT2D eigenvalue weighted by atomic mass is 19.1. The minimum absolute atomic E-state index is 0.0711. The third kappa shape index (κ3) is 2.43. The molecule has 0 aromatic heterocycles. The molecule has 22 heavy (non-hydrogen) atoms. The third-order valence-corrected chi connectivity index (χ3v) is 3.81. The second-order valence-corrected chi connectivity index (χ2v) is 5.16. The molecule has 0 saturated carbocycles. The Kier molecular flexibility index (Phi) is 3.79. The fourth-order valence-electron chi connectivity index (χ4n) is 2.76. The van der Waals surface area contributed by atoms with E-state index in [2.05, 4.69) is 0 Å². The van der Waals surface area contributed by atoms with Gasteiger partial charge in [0, 0.05) is 12.1 Å². The van der Waals surface area contributed by atoms with Gasteiger partial charge < -0.3 is 9.64 Å². The summed E-state index contributed by atoms with van der Waals surface area (Å²) < 4.78 is 32.7. The fourth-order valence-corrected chi connectivity index (χ4v) is 2.76. The molecule has 0 fully saturated rings. The fraction of sp³-hybridized carbons (Fsp3) is 0.235. The molecule has 0 unspecified atom stereocenters. The molecule has 114 valence electrons. The molecule has 2 aromatic rings. The molecule has 1 amide bonds. The van der Waals surface area contributed by atoms with Crippen LogP contribution in [0.3, 0.4) is 0 Å². The second-order valence-electron chi connectivity index (χ2n) is 5.16. The molecular formula is C17H15F2NO2. The Bertz CT molecular complexity index is 731. The van der Waals surface area contributed by atoms with Crippen molar-refractivity contribution in [2.24, 2.45) is 0 Å². The zero-order valence-corrected chi connectivity index (χ0v) is 12.1. The molecular weight excluding hydrogens is 288 g/mol. The van der Waals surface area contributed by atoms with Gasteiger partial charge in [0.1, 0.15) is 5.82 Å². The van der Waals surface area contributed by atoms with Gasteiger partial charge in [-0.1, -0.05) is 12.1 Å². The maximum atomic E-state index is 14.1. The summed E-state index contributed by atoms with van der Waals surface area (Å²) in [5.41, 5.74) is 1.28. The number of rotatable bonds is 2. The number of fused-ring (bicyclic) bond motifs is 1. The lowest BCUT2D eigenvalue weighted by Gasteiger charge is -2.30. The molecule has 0 radical (unpaired) electrons. The number of aryl methyl sites for hydroxylation is 1. The van der Waals surface area contributed by atoms with E-state index in [1.165, 1.54) is 30.2 Å². The number of nitrogens with zero attached hydrogens (tertiary/aromatic N) is 1. The van der Waals surface area contributed by atoms with Crippen LogP contribution in [0.1, 0.15) is 22.3 Å². The SMILES string of the molecule is COc1ccc(C(=O)N2CCCc3cccc(F)c32)cc1F. The minimum Gasteiger partial charge on any atom is -0.494 e. The van der Waals surface area contributed by atoms with Gasteiger partial charge in [-0.2, -0.15) is 0 Å². The van der Waals surface area contributed by atoms with Crippen LogP contribution < -0.4 is 9.64 Å². The van der Waals surface area contributed by atoms with E-state index in [1.807, 2.05) is 6.07 Å². The molecule has 1 aliphatic rings. The van der Waals surface area contributed by atoms with Gasteiger partial charge in [-0.25, -0.2) is 8.78 Å². The number of halogens is 2. The van der Waals surface area contributed by atoms with Crippen molar-refractivity contribution >= 4 is 11.6 Å². The van der Waals surface area contributed by atoms with E-state index in [9.17, 15) is 13.6 Å². The lowest BCUT2D eigenvalue weighted by molar-refractivity contribution is 0.0983. The molecule has 1 aliphatic heterocycles. The summed E-state index contributed by atoms with van der Waals surface area (Å²) in [6.45, 7) is 0.417. The van der Waals surface area contributed by atoms with Gasteiger partial charge in [0.25, 0.3) is 5.91 Å². The first-order valence-corrected chi connectivity index (χ1v) is 7.04. The van der Waals surface area contributed by atoms with Gasteiger partial charge in [-0.05, 0) is 42.7 Å². The standard InChI is InChI=1S/C17H15F2NO2/c1-22-15-8-7-12(10-14(15)19)17(21)20-9-3-5-11-4-2-6-13(18)16(11)20/h2,4,6-8,10H,3,5,9H2,1H3. The predicted molar refractivity (Wildman–Crippen MR) is 79.3 cm³/mol. The molecule has 5 heteroatoms. The van der Waals surface area contributed by atoms with Crippen LogP contribution >= 0.6 is 0 Å². The Morgan fingerprint density at radius 2 is 2.00 bits per heavy atom. The minimum atomic E-state index is -0.612. The maximum Gasteiger partial charge on any atom is 0.258 e. The Labute approximate surface area is 127 Å². The van der Waals surface area contributed by atoms with Crippen LogP contribution in [0.2, 0.25) is 0 Å². The summed E-state index contributed by atoms with van der Waals surface area (Å²) in [5, 5.41) is 0. The van der Waals surface area contributed by atoms with Crippen molar-refractivity contribution in [1.29, 1.82) is 0 Å². The molecule has 3 rings (SSSR count). The number of hydrogen-bond acceptors (Lipinski definition) is 2. The smallest absolute Gasteiger partial charge is 0.258 e. The van der Waals surface area contributed by atoms with Crippen LogP contribution in [0.25, 0.3) is 0 Å². The second kappa shape index (κ2) is 5.75. The van der Waals surface area contributed by atoms with E-state index >= 15 is 0 Å². The number of hydrogen-bond donors (Lipinski definition) is 0. The van der Waals surface area contributed by atoms with Gasteiger partial charge >= 0.3 is 0 Å². The Hall–Kier alpha value is -2.43. The average Bonchev–Trinajstić information content (AvgIpc) is 2.54. The molecule has 0 bridgehead atoms. The van der Waals surface area contributed by atoms with Crippen molar-refractivity contribution < 1.29 is 18.3 Å². The quantitative estimate of drug-likeness (QED) is 0.849. The number of anilines is 1. The summed E-state index contributed by atoms with van der Waals surface area (Å²) in [6.07, 6.45) is 1.48. The number of para-hydroxylation sites is 1. The lowest BCUT2D eigenvalue weighted by Crippen LogP contribution is -2.36. The molecule has 0 spiro atoms. The summed E-state index contributed by atoms with van der Waals surface area (Å²) in [7, 11) is 1.36. The van der Waals surface area contributed by atoms with E-state index in [0.717, 1.165) is 24.5 Å². The van der Waals surface area contributed by atoms with E-state index < -0.39 is 17.5 Å². The first kappa shape index (κ1) is 14.5. The largest absolute Gasteiger partial charge is 0.494 e. The average molecular weight is 303 g/mol. The summed E-state index contributed by atoms with van der Waals surface area (Å²) in [4.78, 5) is 14.0. The van der Waals surface area contributed by atoms with Crippen molar-refractivity contribution in [3.63, 3.8) is 0 Å². The van der Waals surface area contributed by atoms with Crippen LogP contribution in [-0.4, -0.2) is 19.6 Å². The third-order valence-electron chi connectivity index (χ3n) is 3.81. The highest BCUT2D eigenvalue weighted by Gasteiger charge is 2.26. The van der Waals surface area contributed by atoms with Crippen LogP contribution in [0, 0.1) is 11.6 Å². The zero-order valence-electron chi connectivity index (χ0n) is 12.1. The topological polar surface area (TPSA) is 29.5 Å². The van der Waals surface area contributed by atoms with Crippen molar-refractivity contribution in [2.75, 3.05) is 18.6 Å². The Morgan fingerprint density at radius 3 is 2.73 bits per heavy atom. The van der Waals surface area contributed by atoms with Crippen LogP contribution in [0.15, 0.2) is 36.4 Å². The van der Waals surface area contributed by atoms with Crippen LogP contribution in [0.5, 0.6) is 5.75 Å². The van der Waals surface area contributed by atoms with Crippen molar-refractivity contribution in [2.45, 2.75) is 12.8 Å². The first-order chi connectivity index (χ1) is 10.6. The molecule has 0 aliphatic carbocycles. The van der Waals surface area contributed by atoms with Gasteiger partial charge in [0.15, 0.2) is 11.6 Å².